The molecule has 47 heavy (non-hydrogen) atoms. The second-order valence-corrected chi connectivity index (χ2v) is 13.6. The monoisotopic (exact) mass is 659 g/mol. The first-order chi connectivity index (χ1) is 22.9. The van der Waals surface area contributed by atoms with Crippen LogP contribution in [0.15, 0.2) is 66.7 Å². The number of piperidine rings is 2. The van der Waals surface area contributed by atoms with Gasteiger partial charge >= 0.3 is 6.09 Å². The molecule has 2 N–H and O–H groups in total. The zero-order chi connectivity index (χ0) is 33.0. The van der Waals surface area contributed by atoms with Crippen molar-refractivity contribution in [2.24, 2.45) is 5.92 Å². The van der Waals surface area contributed by atoms with Crippen LogP contribution in [0.5, 0.6) is 0 Å². The van der Waals surface area contributed by atoms with Crippen molar-refractivity contribution in [2.45, 2.75) is 52.2 Å². The normalized spacial score (nSPS) is 17.7. The highest BCUT2D eigenvalue weighted by Gasteiger charge is 2.28. The van der Waals surface area contributed by atoms with Gasteiger partial charge in [0, 0.05) is 62.8 Å². The first kappa shape index (κ1) is 34.8. The number of rotatable bonds is 14. The number of para-hydroxylation sites is 1. The Bertz CT molecular complexity index is 1450. The van der Waals surface area contributed by atoms with Gasteiger partial charge in [0.2, 0.25) is 5.91 Å². The molecule has 5 rings (SSSR count). The van der Waals surface area contributed by atoms with Crippen LogP contribution in [0.1, 0.15) is 54.1 Å². The molecule has 10 heteroatoms. The van der Waals surface area contributed by atoms with Crippen LogP contribution in [0, 0.1) is 5.92 Å². The van der Waals surface area contributed by atoms with Crippen LogP contribution in [0.2, 0.25) is 0 Å². The molecule has 3 aromatic rings. The summed E-state index contributed by atoms with van der Waals surface area (Å²) in [5.74, 6) is 0.455. The van der Waals surface area contributed by atoms with E-state index in [1.165, 1.54) is 4.88 Å². The van der Waals surface area contributed by atoms with Crippen LogP contribution >= 0.6 is 11.3 Å². The summed E-state index contributed by atoms with van der Waals surface area (Å²) in [6.45, 7) is 11.7. The third kappa shape index (κ3) is 9.96. The Morgan fingerprint density at radius 2 is 1.64 bits per heavy atom. The van der Waals surface area contributed by atoms with E-state index in [0.29, 0.717) is 6.54 Å². The average Bonchev–Trinajstić information content (AvgIpc) is 3.57. The van der Waals surface area contributed by atoms with Gasteiger partial charge in [-0.2, -0.15) is 0 Å². The van der Waals surface area contributed by atoms with E-state index in [9.17, 15) is 14.4 Å². The minimum atomic E-state index is -0.422. The first-order valence-corrected chi connectivity index (χ1v) is 17.9. The molecule has 0 radical (unpaired) electrons. The molecular formula is C37H49N5O4S. The summed E-state index contributed by atoms with van der Waals surface area (Å²) in [4.78, 5) is 47.1. The Kier molecular flexibility index (Phi) is 13.0. The van der Waals surface area contributed by atoms with Crippen molar-refractivity contribution in [3.63, 3.8) is 0 Å². The number of anilines is 1. The van der Waals surface area contributed by atoms with E-state index in [4.69, 9.17) is 4.74 Å². The molecule has 252 valence electrons. The summed E-state index contributed by atoms with van der Waals surface area (Å²) in [5.41, 5.74) is 2.74. The number of nitrogens with zero attached hydrogens (tertiary/aromatic N) is 3. The molecule has 2 fully saturated rings. The molecule has 0 spiro atoms. The number of carbonyl (C=O) groups is 3. The van der Waals surface area contributed by atoms with Gasteiger partial charge < -0.3 is 19.9 Å². The molecule has 1 aromatic heterocycles. The average molecular weight is 660 g/mol. The van der Waals surface area contributed by atoms with Crippen molar-refractivity contribution < 1.29 is 19.1 Å². The fraction of sp³-hybridized carbons (Fsp3) is 0.486. The predicted molar refractivity (Wildman–Crippen MR) is 189 cm³/mol. The number of nitrogens with one attached hydrogen (secondary N) is 2. The number of likely N-dealkylation sites (tertiary alicyclic amines) is 2. The number of ether oxygens (including phenoxy) is 1. The summed E-state index contributed by atoms with van der Waals surface area (Å²) in [6, 6.07) is 21.7. The zero-order valence-electron chi connectivity index (χ0n) is 27.8. The lowest BCUT2D eigenvalue weighted by atomic mass is 9.96. The lowest BCUT2D eigenvalue weighted by molar-refractivity contribution is -0.137. The van der Waals surface area contributed by atoms with Crippen LogP contribution in [-0.2, 0) is 16.1 Å². The van der Waals surface area contributed by atoms with Crippen molar-refractivity contribution >= 4 is 34.8 Å². The number of amides is 2. The molecule has 2 aliphatic heterocycles. The standard InChI is InChI=1S/C37H49N5O4S/c1-3-42(4-2)36(44)29-13-10-21-41(26-29)27-31-16-17-35(47-31)34(43)25-38-20-24-40-22-18-30(19-23-40)46-37(45)39-33-15-9-8-14-32(33)28-11-6-5-7-12-28/h5-9,11-12,14-17,29-30,38H,3-4,10,13,18-27H2,1-2H3,(H,39,45)/t29-/m1/s1. The molecule has 2 aliphatic rings. The highest BCUT2D eigenvalue weighted by Crippen LogP contribution is 2.28. The van der Waals surface area contributed by atoms with Gasteiger partial charge in [-0.15, -0.1) is 11.3 Å². The Balaban J connectivity index is 0.972. The Labute approximate surface area is 283 Å². The van der Waals surface area contributed by atoms with E-state index in [1.54, 1.807) is 11.3 Å². The van der Waals surface area contributed by atoms with E-state index in [-0.39, 0.29) is 23.7 Å². The van der Waals surface area contributed by atoms with Gasteiger partial charge in [-0.1, -0.05) is 48.5 Å². The van der Waals surface area contributed by atoms with E-state index in [2.05, 4.69) is 26.5 Å². The fourth-order valence-corrected chi connectivity index (χ4v) is 7.54. The third-order valence-electron chi connectivity index (χ3n) is 9.19. The molecule has 0 aliphatic carbocycles. The fourth-order valence-electron chi connectivity index (χ4n) is 6.56. The molecule has 9 nitrogen and oxygen atoms in total. The van der Waals surface area contributed by atoms with Gasteiger partial charge in [0.05, 0.1) is 23.0 Å². The molecule has 0 unspecified atom stereocenters. The predicted octanol–water partition coefficient (Wildman–Crippen LogP) is 5.98. The van der Waals surface area contributed by atoms with E-state index in [1.807, 2.05) is 79.4 Å². The molecular weight excluding hydrogens is 611 g/mol. The number of ketones is 1. The van der Waals surface area contributed by atoms with Crippen molar-refractivity contribution in [3.05, 3.63) is 76.5 Å². The van der Waals surface area contributed by atoms with Crippen LogP contribution in [0.25, 0.3) is 11.1 Å². The summed E-state index contributed by atoms with van der Waals surface area (Å²) in [5, 5.41) is 6.25. The minimum Gasteiger partial charge on any atom is -0.446 e. The number of hydrogen-bond acceptors (Lipinski definition) is 8. The molecule has 2 aromatic carbocycles. The molecule has 0 saturated carbocycles. The second kappa shape index (κ2) is 17.5. The number of hydrogen-bond donors (Lipinski definition) is 2. The summed E-state index contributed by atoms with van der Waals surface area (Å²) >= 11 is 1.57. The van der Waals surface area contributed by atoms with Crippen molar-refractivity contribution in [2.75, 3.05) is 64.2 Å². The molecule has 2 amide bonds. The number of thiophene rings is 1. The second-order valence-electron chi connectivity index (χ2n) is 12.4. The van der Waals surface area contributed by atoms with E-state index in [0.717, 1.165) is 106 Å². The van der Waals surface area contributed by atoms with Crippen LogP contribution in [0.3, 0.4) is 0 Å². The molecule has 2 saturated heterocycles. The maximum atomic E-state index is 12.9. The van der Waals surface area contributed by atoms with E-state index >= 15 is 0 Å². The highest BCUT2D eigenvalue weighted by molar-refractivity contribution is 7.14. The smallest absolute Gasteiger partial charge is 0.411 e. The summed E-state index contributed by atoms with van der Waals surface area (Å²) in [6.07, 6.45) is 3.02. The topological polar surface area (TPSA) is 94.2 Å². The van der Waals surface area contributed by atoms with Crippen molar-refractivity contribution in [3.8, 4) is 11.1 Å². The highest BCUT2D eigenvalue weighted by atomic mass is 32.1. The van der Waals surface area contributed by atoms with Gasteiger partial charge in [0.1, 0.15) is 6.10 Å². The number of carbonyl (C=O) groups excluding carboxylic acids is 3. The van der Waals surface area contributed by atoms with Crippen LogP contribution < -0.4 is 10.6 Å². The van der Waals surface area contributed by atoms with E-state index < -0.39 is 6.09 Å². The number of Topliss-reactive ketones (excluding diaryl/α,β-unsaturated/α-hetero) is 1. The maximum absolute atomic E-state index is 12.9. The molecule has 1 atom stereocenters. The van der Waals surface area contributed by atoms with Crippen molar-refractivity contribution in [1.82, 2.24) is 20.0 Å². The maximum Gasteiger partial charge on any atom is 0.411 e. The van der Waals surface area contributed by atoms with Gasteiger partial charge in [-0.3, -0.25) is 19.8 Å². The first-order valence-electron chi connectivity index (χ1n) is 17.1. The Morgan fingerprint density at radius 1 is 0.894 bits per heavy atom. The van der Waals surface area contributed by atoms with Crippen LogP contribution in [0.4, 0.5) is 10.5 Å². The Hall–Kier alpha value is -3.57. The summed E-state index contributed by atoms with van der Waals surface area (Å²) < 4.78 is 5.77. The minimum absolute atomic E-state index is 0.0695. The zero-order valence-corrected chi connectivity index (χ0v) is 28.6. The quantitative estimate of drug-likeness (QED) is 0.163. The SMILES string of the molecule is CCN(CC)C(=O)[C@@H]1CCCN(Cc2ccc(C(=O)CNCCN3CCC(OC(=O)Nc4ccccc4-c4ccccc4)CC3)s2)C1. The molecule has 3 heterocycles. The van der Waals surface area contributed by atoms with Crippen LogP contribution in [-0.4, -0.2) is 97.5 Å². The van der Waals surface area contributed by atoms with Gasteiger partial charge in [-0.25, -0.2) is 4.79 Å². The lowest BCUT2D eigenvalue weighted by Crippen LogP contribution is -2.44. The lowest BCUT2D eigenvalue weighted by Gasteiger charge is -2.34. The van der Waals surface area contributed by atoms with Gasteiger partial charge in [0.25, 0.3) is 0 Å². The number of benzene rings is 2. The van der Waals surface area contributed by atoms with Gasteiger partial charge in [0.15, 0.2) is 5.78 Å². The Morgan fingerprint density at radius 3 is 2.40 bits per heavy atom. The summed E-state index contributed by atoms with van der Waals surface area (Å²) in [7, 11) is 0. The largest absolute Gasteiger partial charge is 0.446 e. The van der Waals surface area contributed by atoms with Gasteiger partial charge in [-0.05, 0) is 69.8 Å². The van der Waals surface area contributed by atoms with Crippen molar-refractivity contribution in [1.29, 1.82) is 0 Å². The molecule has 0 bridgehead atoms. The third-order valence-corrected chi connectivity index (χ3v) is 10.3.